The Morgan fingerprint density at radius 2 is 1.84 bits per heavy atom. The molecule has 0 heterocycles. The number of nitrogens with one attached hydrogen (secondary N) is 1. The fraction of sp³-hybridized carbons (Fsp3) is 0.269. The minimum Gasteiger partial charge on any atom is -0.495 e. The lowest BCUT2D eigenvalue weighted by atomic mass is 10.1. The van der Waals surface area contributed by atoms with Crippen LogP contribution >= 0.6 is 11.6 Å². The highest BCUT2D eigenvalue weighted by molar-refractivity contribution is 7.92. The van der Waals surface area contributed by atoms with Gasteiger partial charge in [0.05, 0.1) is 22.6 Å². The Kier molecular flexibility index (Phi) is 9.12. The third-order valence-corrected chi connectivity index (χ3v) is 7.77. The molecule has 11 heteroatoms. The molecule has 0 aliphatic carbocycles. The van der Waals surface area contributed by atoms with Gasteiger partial charge in [0, 0.05) is 22.7 Å². The second-order valence-electron chi connectivity index (χ2n) is 8.53. The molecule has 3 aromatic carbocycles. The average Bonchev–Trinajstić information content (AvgIpc) is 2.86. The van der Waals surface area contributed by atoms with Crippen LogP contribution in [0.3, 0.4) is 0 Å². The van der Waals surface area contributed by atoms with Crippen LogP contribution in [-0.2, 0) is 21.2 Å². The Hall–Kier alpha value is -3.63. The third kappa shape index (κ3) is 6.99. The number of nitro groups is 1. The van der Waals surface area contributed by atoms with Gasteiger partial charge in [-0.05, 0) is 56.5 Å². The number of halogens is 1. The summed E-state index contributed by atoms with van der Waals surface area (Å²) in [5.41, 5.74) is 1.11. The van der Waals surface area contributed by atoms with Gasteiger partial charge in [-0.2, -0.15) is 0 Å². The van der Waals surface area contributed by atoms with E-state index < -0.39 is 27.4 Å². The zero-order valence-electron chi connectivity index (χ0n) is 20.7. The maximum atomic E-state index is 13.8. The minimum atomic E-state index is -4.43. The van der Waals surface area contributed by atoms with Gasteiger partial charge in [-0.1, -0.05) is 48.0 Å². The number of benzene rings is 3. The van der Waals surface area contributed by atoms with E-state index in [1.165, 1.54) is 44.4 Å². The molecule has 9 nitrogen and oxygen atoms in total. The second kappa shape index (κ2) is 12.1. The van der Waals surface area contributed by atoms with E-state index in [2.05, 4.69) is 5.32 Å². The number of hydrogen-bond donors (Lipinski definition) is 1. The van der Waals surface area contributed by atoms with E-state index >= 15 is 0 Å². The molecule has 37 heavy (non-hydrogen) atoms. The molecule has 0 aliphatic rings. The number of hydrogen-bond acceptors (Lipinski definition) is 6. The van der Waals surface area contributed by atoms with Crippen molar-refractivity contribution in [2.45, 2.75) is 37.6 Å². The first-order chi connectivity index (χ1) is 17.5. The van der Waals surface area contributed by atoms with Crippen LogP contribution in [0.25, 0.3) is 0 Å². The van der Waals surface area contributed by atoms with Crippen LogP contribution < -0.4 is 14.4 Å². The number of sulfonamides is 1. The van der Waals surface area contributed by atoms with E-state index in [0.717, 1.165) is 22.4 Å². The normalized spacial score (nSPS) is 12.0. The highest BCUT2D eigenvalue weighted by atomic mass is 35.5. The summed E-state index contributed by atoms with van der Waals surface area (Å²) >= 11 is 6.15. The van der Waals surface area contributed by atoms with Crippen molar-refractivity contribution in [2.24, 2.45) is 0 Å². The third-order valence-electron chi connectivity index (χ3n) is 5.78. The van der Waals surface area contributed by atoms with E-state index in [1.807, 2.05) is 37.3 Å². The summed E-state index contributed by atoms with van der Waals surface area (Å²) in [5, 5.41) is 14.5. The van der Waals surface area contributed by atoms with Crippen LogP contribution in [0.4, 0.5) is 11.4 Å². The summed E-state index contributed by atoms with van der Waals surface area (Å²) in [6, 6.07) is 17.5. The molecule has 0 spiro atoms. The molecule has 0 aliphatic heterocycles. The summed E-state index contributed by atoms with van der Waals surface area (Å²) in [5.74, 6) is -0.382. The molecule has 0 radical (unpaired) electrons. The van der Waals surface area contributed by atoms with E-state index in [4.69, 9.17) is 16.3 Å². The Labute approximate surface area is 221 Å². The van der Waals surface area contributed by atoms with Crippen molar-refractivity contribution < 1.29 is 22.9 Å². The van der Waals surface area contributed by atoms with Crippen molar-refractivity contribution in [1.29, 1.82) is 0 Å². The fourth-order valence-corrected chi connectivity index (χ4v) is 5.39. The number of methoxy groups -OCH3 is 1. The first kappa shape index (κ1) is 27.9. The van der Waals surface area contributed by atoms with Crippen molar-refractivity contribution in [3.05, 3.63) is 93.0 Å². The minimum absolute atomic E-state index is 0.0327. The van der Waals surface area contributed by atoms with E-state index in [0.29, 0.717) is 12.0 Å². The predicted molar refractivity (Wildman–Crippen MR) is 143 cm³/mol. The van der Waals surface area contributed by atoms with Crippen LogP contribution in [0.15, 0.2) is 71.6 Å². The summed E-state index contributed by atoms with van der Waals surface area (Å²) in [4.78, 5) is 23.5. The number of nitro benzene ring substituents is 1. The molecule has 1 N–H and O–H groups in total. The van der Waals surface area contributed by atoms with Gasteiger partial charge in [-0.15, -0.1) is 0 Å². The monoisotopic (exact) mass is 545 g/mol. The van der Waals surface area contributed by atoms with Crippen molar-refractivity contribution in [2.75, 3.05) is 18.0 Å². The number of nitrogens with zero attached hydrogens (tertiary/aromatic N) is 2. The molecule has 1 amide bonds. The van der Waals surface area contributed by atoms with Gasteiger partial charge in [-0.3, -0.25) is 19.2 Å². The van der Waals surface area contributed by atoms with E-state index in [-0.39, 0.29) is 33.1 Å². The molecule has 1 atom stereocenters. The van der Waals surface area contributed by atoms with Gasteiger partial charge >= 0.3 is 0 Å². The molecule has 0 aromatic heterocycles. The smallest absolute Gasteiger partial charge is 0.273 e. The van der Waals surface area contributed by atoms with Crippen LogP contribution in [-0.4, -0.2) is 38.9 Å². The lowest BCUT2D eigenvalue weighted by Gasteiger charge is -2.26. The van der Waals surface area contributed by atoms with E-state index in [9.17, 15) is 23.3 Å². The largest absolute Gasteiger partial charge is 0.495 e. The predicted octanol–water partition coefficient (Wildman–Crippen LogP) is 4.90. The van der Waals surface area contributed by atoms with E-state index in [1.54, 1.807) is 0 Å². The standard InChI is InChI=1S/C26H28ClN3O6S/c1-18-9-13-22(16-23(18)30(32)33)37(34,35)29(24-15-21(27)12-14-25(24)36-3)17-26(31)28-19(2)10-11-20-7-5-4-6-8-20/h4-9,12-16,19H,10-11,17H2,1-3H3,(H,28,31)/t19-/m0/s1. The number of anilines is 1. The van der Waals surface area contributed by atoms with Crippen molar-refractivity contribution in [3.63, 3.8) is 0 Å². The number of rotatable bonds is 11. The molecular weight excluding hydrogens is 518 g/mol. The number of amides is 1. The Balaban J connectivity index is 1.92. The molecule has 0 saturated carbocycles. The van der Waals surface area contributed by atoms with Crippen molar-refractivity contribution in [1.82, 2.24) is 5.32 Å². The number of carbonyl (C=O) groups excluding carboxylic acids is 1. The second-order valence-corrected chi connectivity index (χ2v) is 10.8. The number of ether oxygens (including phenoxy) is 1. The van der Waals surface area contributed by atoms with Crippen LogP contribution in [0.2, 0.25) is 5.02 Å². The molecular formula is C26H28ClN3O6S. The Bertz CT molecular complexity index is 1380. The molecule has 3 rings (SSSR count). The average molecular weight is 546 g/mol. The molecule has 0 saturated heterocycles. The van der Waals surface area contributed by atoms with Crippen LogP contribution in [0, 0.1) is 17.0 Å². The zero-order chi connectivity index (χ0) is 27.2. The van der Waals surface area contributed by atoms with Gasteiger partial charge in [-0.25, -0.2) is 8.42 Å². The number of carbonyl (C=O) groups is 1. The molecule has 196 valence electrons. The summed E-state index contributed by atoms with van der Waals surface area (Å²) in [6.45, 7) is 2.76. The van der Waals surface area contributed by atoms with Gasteiger partial charge < -0.3 is 10.1 Å². The lowest BCUT2D eigenvalue weighted by Crippen LogP contribution is -2.43. The van der Waals surface area contributed by atoms with Crippen LogP contribution in [0.1, 0.15) is 24.5 Å². The molecule has 0 unspecified atom stereocenters. The highest BCUT2D eigenvalue weighted by Gasteiger charge is 2.31. The zero-order valence-corrected chi connectivity index (χ0v) is 22.3. The SMILES string of the molecule is COc1ccc(Cl)cc1N(CC(=O)N[C@@H](C)CCc1ccccc1)S(=O)(=O)c1ccc(C)c([N+](=O)[O-])c1. The fourth-order valence-electron chi connectivity index (χ4n) is 3.78. The first-order valence-corrected chi connectivity index (χ1v) is 13.3. The maximum absolute atomic E-state index is 13.8. The summed E-state index contributed by atoms with van der Waals surface area (Å²) in [7, 11) is -3.07. The summed E-state index contributed by atoms with van der Waals surface area (Å²) in [6.07, 6.45) is 1.38. The number of aryl methyl sites for hydroxylation is 2. The topological polar surface area (TPSA) is 119 Å². The van der Waals surface area contributed by atoms with Crippen molar-refractivity contribution >= 4 is 38.9 Å². The molecule has 3 aromatic rings. The van der Waals surface area contributed by atoms with Gasteiger partial charge in [0.25, 0.3) is 15.7 Å². The van der Waals surface area contributed by atoms with Crippen molar-refractivity contribution in [3.8, 4) is 5.75 Å². The summed E-state index contributed by atoms with van der Waals surface area (Å²) < 4.78 is 33.7. The maximum Gasteiger partial charge on any atom is 0.273 e. The van der Waals surface area contributed by atoms with Gasteiger partial charge in [0.2, 0.25) is 5.91 Å². The Morgan fingerprint density at radius 3 is 2.49 bits per heavy atom. The van der Waals surface area contributed by atoms with Gasteiger partial charge in [0.1, 0.15) is 12.3 Å². The highest BCUT2D eigenvalue weighted by Crippen LogP contribution is 2.35. The van der Waals surface area contributed by atoms with Gasteiger partial charge in [0.15, 0.2) is 0 Å². The molecule has 0 fully saturated rings. The molecule has 0 bridgehead atoms. The van der Waals surface area contributed by atoms with Crippen LogP contribution in [0.5, 0.6) is 5.75 Å². The Morgan fingerprint density at radius 1 is 1.14 bits per heavy atom. The first-order valence-electron chi connectivity index (χ1n) is 11.5. The lowest BCUT2D eigenvalue weighted by molar-refractivity contribution is -0.385. The quantitative estimate of drug-likeness (QED) is 0.270.